The minimum atomic E-state index is -1.91. The molecular weight excluding hydrogens is 498 g/mol. The van der Waals surface area contributed by atoms with Crippen LogP contribution in [0, 0.1) is 30.2 Å². The van der Waals surface area contributed by atoms with Gasteiger partial charge in [0.15, 0.2) is 22.5 Å². The van der Waals surface area contributed by atoms with Crippen molar-refractivity contribution in [3.05, 3.63) is 76.4 Å². The first-order valence-corrected chi connectivity index (χ1v) is 11.0. The number of fused-ring (bicyclic) bond motifs is 1. The second kappa shape index (κ2) is 9.90. The van der Waals surface area contributed by atoms with Gasteiger partial charge in [0.05, 0.1) is 12.8 Å². The number of anilines is 1. The van der Waals surface area contributed by atoms with Gasteiger partial charge in [0.25, 0.3) is 5.91 Å². The van der Waals surface area contributed by atoms with Gasteiger partial charge in [-0.2, -0.15) is 13.6 Å². The summed E-state index contributed by atoms with van der Waals surface area (Å²) >= 11 is 5.06. The third-order valence-electron chi connectivity index (χ3n) is 5.43. The predicted octanol–water partition coefficient (Wildman–Crippen LogP) is 4.98. The van der Waals surface area contributed by atoms with Crippen LogP contribution in [-0.2, 0) is 6.42 Å². The summed E-state index contributed by atoms with van der Waals surface area (Å²) in [5.41, 5.74) is 2.67. The number of rotatable bonds is 5. The topological polar surface area (TPSA) is 81.1 Å². The first-order chi connectivity index (χ1) is 17.1. The number of aryl methyl sites for hydroxylation is 2. The lowest BCUT2D eigenvalue weighted by Gasteiger charge is -2.13. The van der Waals surface area contributed by atoms with Gasteiger partial charge in [0.2, 0.25) is 11.6 Å². The largest absolute Gasteiger partial charge is 0.491 e. The van der Waals surface area contributed by atoms with E-state index in [0.717, 1.165) is 19.2 Å². The molecule has 1 amide bonds. The lowest BCUT2D eigenvalue weighted by atomic mass is 10.1. The first-order valence-electron chi connectivity index (χ1n) is 10.6. The number of carbonyl (C=O) groups excluding carboxylic acids is 1. The highest BCUT2D eigenvalue weighted by Crippen LogP contribution is 2.30. The molecule has 7 nitrogen and oxygen atoms in total. The van der Waals surface area contributed by atoms with Crippen molar-refractivity contribution in [3.63, 3.8) is 0 Å². The smallest absolute Gasteiger partial charge is 0.263 e. The Bertz CT molecular complexity index is 1480. The molecule has 0 aliphatic heterocycles. The van der Waals surface area contributed by atoms with Crippen molar-refractivity contribution in [2.75, 3.05) is 12.4 Å². The monoisotopic (exact) mass is 517 g/mol. The number of amides is 1. The van der Waals surface area contributed by atoms with Gasteiger partial charge in [-0.3, -0.25) is 10.1 Å². The Balaban J connectivity index is 1.56. The molecular formula is C24H19F4N5O2S. The summed E-state index contributed by atoms with van der Waals surface area (Å²) in [6.45, 7) is 3.80. The Hall–Kier alpha value is -4.06. The summed E-state index contributed by atoms with van der Waals surface area (Å²) in [5.74, 6) is -10.3. The highest BCUT2D eigenvalue weighted by molar-refractivity contribution is 7.80. The third kappa shape index (κ3) is 4.59. The Labute approximate surface area is 208 Å². The third-order valence-corrected chi connectivity index (χ3v) is 5.64. The molecule has 0 aliphatic carbocycles. The number of aromatic nitrogens is 3. The highest BCUT2D eigenvalue weighted by atomic mass is 32.1. The van der Waals surface area contributed by atoms with Crippen molar-refractivity contribution in [3.8, 4) is 11.4 Å². The fourth-order valence-electron chi connectivity index (χ4n) is 3.49. The van der Waals surface area contributed by atoms with Crippen LogP contribution in [0.5, 0.6) is 5.75 Å². The molecule has 0 radical (unpaired) electrons. The van der Waals surface area contributed by atoms with Crippen molar-refractivity contribution in [1.29, 1.82) is 0 Å². The highest BCUT2D eigenvalue weighted by Gasteiger charge is 2.30. The van der Waals surface area contributed by atoms with Crippen molar-refractivity contribution < 1.29 is 27.1 Å². The predicted molar refractivity (Wildman–Crippen MR) is 129 cm³/mol. The van der Waals surface area contributed by atoms with E-state index in [-0.39, 0.29) is 5.11 Å². The number of hydrogen-bond donors (Lipinski definition) is 2. The molecule has 0 saturated carbocycles. The Morgan fingerprint density at radius 1 is 1.00 bits per heavy atom. The quantitative estimate of drug-likeness (QED) is 0.221. The van der Waals surface area contributed by atoms with Crippen LogP contribution >= 0.6 is 12.2 Å². The van der Waals surface area contributed by atoms with E-state index >= 15 is 0 Å². The fourth-order valence-corrected chi connectivity index (χ4v) is 3.69. The maximum absolute atomic E-state index is 14.2. The van der Waals surface area contributed by atoms with Crippen LogP contribution in [0.4, 0.5) is 23.2 Å². The van der Waals surface area contributed by atoms with E-state index in [1.165, 1.54) is 10.4 Å². The second-order valence-electron chi connectivity index (χ2n) is 7.74. The molecule has 0 fully saturated rings. The summed E-state index contributed by atoms with van der Waals surface area (Å²) in [6, 6.07) is 11.1. The maximum Gasteiger partial charge on any atom is 0.263 e. The molecule has 0 atom stereocenters. The molecule has 3 aromatic carbocycles. The van der Waals surface area contributed by atoms with Crippen LogP contribution in [-0.4, -0.2) is 33.1 Å². The molecule has 2 N–H and O–H groups in total. The van der Waals surface area contributed by atoms with Crippen molar-refractivity contribution in [2.24, 2.45) is 0 Å². The summed E-state index contributed by atoms with van der Waals surface area (Å²) in [4.78, 5) is 13.9. The van der Waals surface area contributed by atoms with Crippen molar-refractivity contribution in [1.82, 2.24) is 20.3 Å². The van der Waals surface area contributed by atoms with Crippen LogP contribution < -0.4 is 15.4 Å². The Kier molecular flexibility index (Phi) is 6.88. The van der Waals surface area contributed by atoms with Gasteiger partial charge in [0, 0.05) is 5.69 Å². The van der Waals surface area contributed by atoms with Crippen molar-refractivity contribution in [2.45, 2.75) is 20.3 Å². The van der Waals surface area contributed by atoms with Gasteiger partial charge < -0.3 is 10.1 Å². The summed E-state index contributed by atoms with van der Waals surface area (Å²) in [6.07, 6.45) is 0.904. The molecule has 0 aliphatic rings. The molecule has 0 bridgehead atoms. The molecule has 1 aromatic heterocycles. The Morgan fingerprint density at radius 2 is 1.58 bits per heavy atom. The SMILES string of the molecule is CCc1ccc(-n2nc3cc(C)c(NC(=S)NC(=O)c4c(F)c(F)c(OC)c(F)c4F)cc3n2)cc1. The molecule has 12 heteroatoms. The minimum absolute atomic E-state index is 0.361. The zero-order valence-electron chi connectivity index (χ0n) is 19.2. The van der Waals surface area contributed by atoms with Gasteiger partial charge in [-0.15, -0.1) is 10.2 Å². The van der Waals surface area contributed by atoms with Gasteiger partial charge in [-0.1, -0.05) is 19.1 Å². The average Bonchev–Trinajstić information content (AvgIpc) is 3.26. The lowest BCUT2D eigenvalue weighted by molar-refractivity contribution is 0.0966. The Morgan fingerprint density at radius 3 is 2.14 bits per heavy atom. The first kappa shape index (κ1) is 25.0. The maximum atomic E-state index is 14.2. The fraction of sp³-hybridized carbons (Fsp3) is 0.167. The minimum Gasteiger partial charge on any atom is -0.491 e. The number of ether oxygens (including phenoxy) is 1. The van der Waals surface area contributed by atoms with Gasteiger partial charge in [0.1, 0.15) is 16.6 Å². The number of hydrogen-bond acceptors (Lipinski definition) is 5. The molecule has 186 valence electrons. The summed E-state index contributed by atoms with van der Waals surface area (Å²) in [5, 5.41) is 13.3. The van der Waals surface area contributed by atoms with E-state index in [1.807, 2.05) is 29.6 Å². The lowest BCUT2D eigenvalue weighted by Crippen LogP contribution is -2.35. The molecule has 0 unspecified atom stereocenters. The van der Waals surface area contributed by atoms with Crippen LogP contribution in [0.25, 0.3) is 16.7 Å². The number of methoxy groups -OCH3 is 1. The van der Waals surface area contributed by atoms with E-state index in [9.17, 15) is 22.4 Å². The van der Waals surface area contributed by atoms with Crippen LogP contribution in [0.2, 0.25) is 0 Å². The van der Waals surface area contributed by atoms with Gasteiger partial charge in [-0.05, 0) is 61.0 Å². The van der Waals surface area contributed by atoms with Gasteiger partial charge >= 0.3 is 0 Å². The average molecular weight is 518 g/mol. The second-order valence-corrected chi connectivity index (χ2v) is 8.15. The molecule has 0 spiro atoms. The van der Waals surface area contributed by atoms with Crippen molar-refractivity contribution >= 4 is 40.0 Å². The molecule has 4 aromatic rings. The molecule has 36 heavy (non-hydrogen) atoms. The molecule has 0 saturated heterocycles. The number of benzene rings is 3. The van der Waals surface area contributed by atoms with Gasteiger partial charge in [-0.25, -0.2) is 8.78 Å². The van der Waals surface area contributed by atoms with E-state index in [1.54, 1.807) is 19.1 Å². The van der Waals surface area contributed by atoms with E-state index in [2.05, 4.69) is 27.2 Å². The molecule has 4 rings (SSSR count). The standard InChI is InChI=1S/C24H19F4N5O2S/c1-4-12-5-7-13(8-6-12)33-31-15-9-11(2)14(10-16(15)32-33)29-24(36)30-23(34)17-18(25)20(27)22(35-3)21(28)19(17)26/h5-10H,4H2,1-3H3,(H2,29,30,34,36). The number of thiocarbonyl (C=S) groups is 1. The number of halogens is 4. The summed E-state index contributed by atoms with van der Waals surface area (Å²) in [7, 11) is 0.832. The van der Waals surface area contributed by atoms with Crippen LogP contribution in [0.15, 0.2) is 36.4 Å². The van der Waals surface area contributed by atoms with E-state index in [4.69, 9.17) is 12.2 Å². The number of nitrogens with zero attached hydrogens (tertiary/aromatic N) is 3. The normalized spacial score (nSPS) is 11.0. The van der Waals surface area contributed by atoms with E-state index < -0.39 is 40.5 Å². The van der Waals surface area contributed by atoms with Crippen LogP contribution in [0.1, 0.15) is 28.4 Å². The zero-order valence-corrected chi connectivity index (χ0v) is 20.1. The summed E-state index contributed by atoms with van der Waals surface area (Å²) < 4.78 is 60.7. The number of carbonyl (C=O) groups is 1. The van der Waals surface area contributed by atoms with E-state index in [0.29, 0.717) is 22.3 Å². The molecule has 1 heterocycles. The van der Waals surface area contributed by atoms with Crippen LogP contribution in [0.3, 0.4) is 0 Å². The zero-order chi connectivity index (χ0) is 26.1. The number of nitrogens with one attached hydrogen (secondary N) is 2.